The van der Waals surface area contributed by atoms with Gasteiger partial charge in [0, 0.05) is 12.6 Å². The summed E-state index contributed by atoms with van der Waals surface area (Å²) in [6, 6.07) is 2.79. The molecule has 0 aliphatic heterocycles. The molecule has 0 fully saturated rings. The van der Waals surface area contributed by atoms with Crippen LogP contribution in [0.3, 0.4) is 0 Å². The molecule has 0 atom stereocenters. The maximum Gasteiger partial charge on any atom is 0.143 e. The zero-order valence-corrected chi connectivity index (χ0v) is 10.4. The Balaban J connectivity index is 1.92. The Hall–Kier alpha value is -1.22. The van der Waals surface area contributed by atoms with Crippen LogP contribution in [-0.4, -0.2) is 6.54 Å². The first-order valence-electron chi connectivity index (χ1n) is 5.83. The predicted molar refractivity (Wildman–Crippen MR) is 70.9 cm³/mol. The number of anilines is 2. The summed E-state index contributed by atoms with van der Waals surface area (Å²) in [5, 5.41) is 3.21. The van der Waals surface area contributed by atoms with Crippen LogP contribution in [0.1, 0.15) is 25.7 Å². The number of hydrogen-bond donors (Lipinski definition) is 2. The van der Waals surface area contributed by atoms with Crippen molar-refractivity contribution in [2.24, 2.45) is 0 Å². The van der Waals surface area contributed by atoms with Gasteiger partial charge in [-0.25, -0.2) is 4.39 Å². The molecule has 3 N–H and O–H groups in total. The Kier molecular flexibility index (Phi) is 3.89. The second-order valence-corrected chi connectivity index (χ2v) is 4.69. The van der Waals surface area contributed by atoms with Gasteiger partial charge in [0.05, 0.1) is 16.4 Å². The molecule has 1 aromatic rings. The van der Waals surface area contributed by atoms with E-state index in [1.165, 1.54) is 37.0 Å². The number of allylic oxidation sites excluding steroid dienone is 1. The molecule has 0 radical (unpaired) electrons. The fraction of sp³-hybridized carbons (Fsp3) is 0.385. The van der Waals surface area contributed by atoms with Crippen molar-refractivity contribution in [1.29, 1.82) is 0 Å². The molecule has 0 saturated heterocycles. The van der Waals surface area contributed by atoms with Crippen molar-refractivity contribution in [3.63, 3.8) is 0 Å². The van der Waals surface area contributed by atoms with Crippen LogP contribution in [0.2, 0.25) is 5.02 Å². The average molecular weight is 255 g/mol. The molecular weight excluding hydrogens is 239 g/mol. The second-order valence-electron chi connectivity index (χ2n) is 4.28. The first-order valence-corrected chi connectivity index (χ1v) is 6.21. The Morgan fingerprint density at radius 3 is 2.94 bits per heavy atom. The maximum absolute atomic E-state index is 13.2. The van der Waals surface area contributed by atoms with Crippen LogP contribution in [0.4, 0.5) is 15.8 Å². The first kappa shape index (κ1) is 12.2. The van der Waals surface area contributed by atoms with Crippen molar-refractivity contribution >= 4 is 23.0 Å². The molecule has 0 aromatic heterocycles. The minimum atomic E-state index is -0.441. The van der Waals surface area contributed by atoms with Gasteiger partial charge >= 0.3 is 0 Å². The van der Waals surface area contributed by atoms with E-state index in [1.807, 2.05) is 0 Å². The molecule has 0 unspecified atom stereocenters. The van der Waals surface area contributed by atoms with Crippen LogP contribution in [0, 0.1) is 5.82 Å². The highest BCUT2D eigenvalue weighted by atomic mass is 35.5. The van der Waals surface area contributed by atoms with Crippen molar-refractivity contribution in [2.75, 3.05) is 17.6 Å². The van der Waals surface area contributed by atoms with Gasteiger partial charge in [0.2, 0.25) is 0 Å². The summed E-state index contributed by atoms with van der Waals surface area (Å²) < 4.78 is 13.2. The van der Waals surface area contributed by atoms with Crippen LogP contribution in [0.5, 0.6) is 0 Å². The number of rotatable bonds is 4. The highest BCUT2D eigenvalue weighted by molar-refractivity contribution is 6.31. The summed E-state index contributed by atoms with van der Waals surface area (Å²) >= 11 is 5.63. The van der Waals surface area contributed by atoms with E-state index < -0.39 is 5.82 Å². The van der Waals surface area contributed by atoms with Gasteiger partial charge in [-0.2, -0.15) is 0 Å². The monoisotopic (exact) mass is 254 g/mol. The van der Waals surface area contributed by atoms with E-state index in [0.29, 0.717) is 11.4 Å². The average Bonchev–Trinajstić information content (AvgIpc) is 2.78. The Labute approximate surface area is 106 Å². The van der Waals surface area contributed by atoms with Crippen LogP contribution >= 0.6 is 11.6 Å². The fourth-order valence-corrected chi connectivity index (χ4v) is 2.21. The lowest BCUT2D eigenvalue weighted by Crippen LogP contribution is -2.05. The third-order valence-corrected chi connectivity index (χ3v) is 3.28. The van der Waals surface area contributed by atoms with Crippen molar-refractivity contribution < 1.29 is 4.39 Å². The minimum Gasteiger partial charge on any atom is -0.397 e. The van der Waals surface area contributed by atoms with Gasteiger partial charge < -0.3 is 11.1 Å². The molecule has 1 aromatic carbocycles. The third-order valence-electron chi connectivity index (χ3n) is 2.99. The number of nitrogen functional groups attached to an aromatic ring is 1. The van der Waals surface area contributed by atoms with Gasteiger partial charge in [-0.1, -0.05) is 23.3 Å². The van der Waals surface area contributed by atoms with Gasteiger partial charge in [-0.05, 0) is 31.7 Å². The summed E-state index contributed by atoms with van der Waals surface area (Å²) in [6.07, 6.45) is 6.91. The predicted octanol–water partition coefficient (Wildman–Crippen LogP) is 3.97. The Morgan fingerprint density at radius 2 is 2.24 bits per heavy atom. The molecule has 17 heavy (non-hydrogen) atoms. The quantitative estimate of drug-likeness (QED) is 0.630. The molecule has 1 aliphatic rings. The topological polar surface area (TPSA) is 38.0 Å². The molecular formula is C13H16ClFN2. The van der Waals surface area contributed by atoms with E-state index in [-0.39, 0.29) is 5.02 Å². The highest BCUT2D eigenvalue weighted by Gasteiger charge is 2.07. The SMILES string of the molecule is Nc1cc(Cl)c(F)cc1NCCC1=CCCC1. The maximum atomic E-state index is 13.2. The molecule has 0 amide bonds. The Morgan fingerprint density at radius 1 is 1.41 bits per heavy atom. The van der Waals surface area contributed by atoms with E-state index in [4.69, 9.17) is 17.3 Å². The van der Waals surface area contributed by atoms with Crippen molar-refractivity contribution in [1.82, 2.24) is 0 Å². The van der Waals surface area contributed by atoms with E-state index in [0.717, 1.165) is 13.0 Å². The summed E-state index contributed by atoms with van der Waals surface area (Å²) in [5.74, 6) is -0.441. The molecule has 2 rings (SSSR count). The molecule has 0 bridgehead atoms. The third kappa shape index (κ3) is 3.13. The van der Waals surface area contributed by atoms with Crippen LogP contribution < -0.4 is 11.1 Å². The lowest BCUT2D eigenvalue weighted by atomic mass is 10.1. The lowest BCUT2D eigenvalue weighted by Gasteiger charge is -2.10. The van der Waals surface area contributed by atoms with Gasteiger partial charge in [0.15, 0.2) is 0 Å². The molecule has 0 saturated carbocycles. The highest BCUT2D eigenvalue weighted by Crippen LogP contribution is 2.26. The largest absolute Gasteiger partial charge is 0.397 e. The molecule has 4 heteroatoms. The zero-order valence-electron chi connectivity index (χ0n) is 9.60. The number of halogens is 2. The molecule has 1 aliphatic carbocycles. The number of nitrogens with two attached hydrogens (primary N) is 1. The molecule has 0 spiro atoms. The second kappa shape index (κ2) is 5.41. The number of benzene rings is 1. The van der Waals surface area contributed by atoms with E-state index >= 15 is 0 Å². The van der Waals surface area contributed by atoms with Gasteiger partial charge in [0.25, 0.3) is 0 Å². The lowest BCUT2D eigenvalue weighted by molar-refractivity contribution is 0.629. The van der Waals surface area contributed by atoms with Crippen molar-refractivity contribution in [2.45, 2.75) is 25.7 Å². The van der Waals surface area contributed by atoms with E-state index in [2.05, 4.69) is 11.4 Å². The summed E-state index contributed by atoms with van der Waals surface area (Å²) in [7, 11) is 0. The molecule has 92 valence electrons. The number of hydrogen-bond acceptors (Lipinski definition) is 2. The van der Waals surface area contributed by atoms with Crippen LogP contribution in [-0.2, 0) is 0 Å². The van der Waals surface area contributed by atoms with Crippen molar-refractivity contribution in [3.8, 4) is 0 Å². The van der Waals surface area contributed by atoms with E-state index in [1.54, 1.807) is 0 Å². The smallest absolute Gasteiger partial charge is 0.143 e. The Bertz CT molecular complexity index is 443. The molecule has 2 nitrogen and oxygen atoms in total. The summed E-state index contributed by atoms with van der Waals surface area (Å²) in [5.41, 5.74) is 8.33. The first-order chi connectivity index (χ1) is 8.16. The van der Waals surface area contributed by atoms with Gasteiger partial charge in [-0.15, -0.1) is 0 Å². The van der Waals surface area contributed by atoms with Crippen LogP contribution in [0.25, 0.3) is 0 Å². The van der Waals surface area contributed by atoms with Gasteiger partial charge in [0.1, 0.15) is 5.82 Å². The minimum absolute atomic E-state index is 0.0616. The molecule has 0 heterocycles. The van der Waals surface area contributed by atoms with E-state index in [9.17, 15) is 4.39 Å². The fourth-order valence-electron chi connectivity index (χ4n) is 2.04. The van der Waals surface area contributed by atoms with Gasteiger partial charge in [-0.3, -0.25) is 0 Å². The van der Waals surface area contributed by atoms with Crippen molar-refractivity contribution in [3.05, 3.63) is 34.6 Å². The number of nitrogens with one attached hydrogen (secondary N) is 1. The normalized spacial score (nSPS) is 14.8. The summed E-state index contributed by atoms with van der Waals surface area (Å²) in [4.78, 5) is 0. The zero-order chi connectivity index (χ0) is 12.3. The standard InChI is InChI=1S/C13H16ClFN2/c14-10-7-12(16)13(8-11(10)15)17-6-5-9-3-1-2-4-9/h3,7-8,17H,1-2,4-6,16H2. The summed E-state index contributed by atoms with van der Waals surface area (Å²) in [6.45, 7) is 0.775. The van der Waals surface area contributed by atoms with Crippen LogP contribution in [0.15, 0.2) is 23.8 Å².